The highest BCUT2D eigenvalue weighted by atomic mass is 16.2. The number of isocyanates is 1. The molecule has 20 heavy (non-hydrogen) atoms. The standard InChI is InChI=1S/C12H10N6O2/c13-10-9(6-14-11(18-10)15-7-19)17-12(20)16-8-4-2-1-3-5-8/h1-6H,(H2,13,14,18)(H2,16,17,20). The highest BCUT2D eigenvalue weighted by molar-refractivity contribution is 6.01. The summed E-state index contributed by atoms with van der Waals surface area (Å²) in [6, 6.07) is 8.40. The van der Waals surface area contributed by atoms with Crippen molar-refractivity contribution < 1.29 is 9.59 Å². The molecule has 0 fully saturated rings. The molecule has 1 aromatic heterocycles. The van der Waals surface area contributed by atoms with Gasteiger partial charge in [0.25, 0.3) is 5.95 Å². The van der Waals surface area contributed by atoms with Crippen LogP contribution in [0.3, 0.4) is 0 Å². The van der Waals surface area contributed by atoms with Gasteiger partial charge in [-0.3, -0.25) is 0 Å². The van der Waals surface area contributed by atoms with Crippen molar-refractivity contribution in [3.8, 4) is 0 Å². The summed E-state index contributed by atoms with van der Waals surface area (Å²) >= 11 is 0. The molecule has 0 unspecified atom stereocenters. The summed E-state index contributed by atoms with van der Waals surface area (Å²) in [4.78, 5) is 32.4. The van der Waals surface area contributed by atoms with Gasteiger partial charge in [-0.15, -0.1) is 4.99 Å². The Morgan fingerprint density at radius 3 is 2.65 bits per heavy atom. The number of carbonyl (C=O) groups excluding carboxylic acids is 2. The first-order valence-electron chi connectivity index (χ1n) is 5.52. The van der Waals surface area contributed by atoms with Gasteiger partial charge in [-0.05, 0) is 12.1 Å². The Hall–Kier alpha value is -3.25. The Labute approximate surface area is 113 Å². The van der Waals surface area contributed by atoms with E-state index in [1.807, 2.05) is 6.07 Å². The fourth-order valence-electron chi connectivity index (χ4n) is 1.38. The molecule has 2 amide bonds. The van der Waals surface area contributed by atoms with Crippen molar-refractivity contribution in [3.63, 3.8) is 0 Å². The molecule has 100 valence electrons. The fourth-order valence-corrected chi connectivity index (χ4v) is 1.38. The first-order valence-corrected chi connectivity index (χ1v) is 5.52. The van der Waals surface area contributed by atoms with Crippen molar-refractivity contribution in [2.24, 2.45) is 4.99 Å². The average Bonchev–Trinajstić information content (AvgIpc) is 2.43. The molecule has 2 aromatic rings. The van der Waals surface area contributed by atoms with E-state index in [-0.39, 0.29) is 17.5 Å². The summed E-state index contributed by atoms with van der Waals surface area (Å²) in [5, 5.41) is 5.10. The molecule has 1 heterocycles. The molecule has 8 heteroatoms. The molecule has 0 saturated carbocycles. The van der Waals surface area contributed by atoms with Crippen LogP contribution in [0.4, 0.5) is 27.9 Å². The van der Waals surface area contributed by atoms with Crippen LogP contribution in [-0.2, 0) is 4.79 Å². The van der Waals surface area contributed by atoms with E-state index >= 15 is 0 Å². The van der Waals surface area contributed by atoms with E-state index < -0.39 is 6.03 Å². The maximum atomic E-state index is 11.7. The number of hydrogen-bond acceptors (Lipinski definition) is 6. The van der Waals surface area contributed by atoms with Crippen LogP contribution >= 0.6 is 0 Å². The van der Waals surface area contributed by atoms with Crippen molar-refractivity contribution in [2.75, 3.05) is 16.4 Å². The van der Waals surface area contributed by atoms with Gasteiger partial charge in [0.1, 0.15) is 5.69 Å². The van der Waals surface area contributed by atoms with E-state index in [1.54, 1.807) is 24.3 Å². The number of para-hydroxylation sites is 1. The van der Waals surface area contributed by atoms with Crippen molar-refractivity contribution >= 4 is 35.3 Å². The van der Waals surface area contributed by atoms with Gasteiger partial charge in [-0.1, -0.05) is 18.2 Å². The highest BCUT2D eigenvalue weighted by Gasteiger charge is 2.07. The number of rotatable bonds is 3. The van der Waals surface area contributed by atoms with Crippen molar-refractivity contribution in [3.05, 3.63) is 36.5 Å². The van der Waals surface area contributed by atoms with Gasteiger partial charge in [-0.2, -0.15) is 4.98 Å². The Morgan fingerprint density at radius 2 is 2.00 bits per heavy atom. The largest absolute Gasteiger partial charge is 0.382 e. The molecule has 0 aliphatic carbocycles. The third-order valence-electron chi connectivity index (χ3n) is 2.23. The lowest BCUT2D eigenvalue weighted by Crippen LogP contribution is -2.20. The number of urea groups is 1. The minimum Gasteiger partial charge on any atom is -0.382 e. The molecule has 0 aliphatic rings. The van der Waals surface area contributed by atoms with Crippen molar-refractivity contribution in [1.82, 2.24) is 9.97 Å². The Balaban J connectivity index is 2.06. The van der Waals surface area contributed by atoms with Gasteiger partial charge in [0.05, 0.1) is 6.20 Å². The molecular weight excluding hydrogens is 260 g/mol. The molecule has 1 aromatic carbocycles. The maximum absolute atomic E-state index is 11.7. The van der Waals surface area contributed by atoms with E-state index in [4.69, 9.17) is 5.73 Å². The lowest BCUT2D eigenvalue weighted by atomic mass is 10.3. The zero-order valence-corrected chi connectivity index (χ0v) is 10.2. The molecule has 0 saturated heterocycles. The summed E-state index contributed by atoms with van der Waals surface area (Å²) in [6.07, 6.45) is 2.55. The number of aliphatic imine (C=N–C) groups is 1. The average molecular weight is 270 g/mol. The number of anilines is 3. The molecule has 0 aliphatic heterocycles. The zero-order chi connectivity index (χ0) is 14.4. The number of carbonyl (C=O) groups is 1. The van der Waals surface area contributed by atoms with Crippen molar-refractivity contribution in [1.29, 1.82) is 0 Å². The van der Waals surface area contributed by atoms with Gasteiger partial charge in [-0.25, -0.2) is 14.6 Å². The second-order valence-corrected chi connectivity index (χ2v) is 3.62. The summed E-state index contributed by atoms with van der Waals surface area (Å²) < 4.78 is 0. The lowest BCUT2D eigenvalue weighted by molar-refractivity contribution is 0.262. The van der Waals surface area contributed by atoms with Gasteiger partial charge < -0.3 is 16.4 Å². The quantitative estimate of drug-likeness (QED) is 0.578. The molecule has 4 N–H and O–H groups in total. The number of aromatic nitrogens is 2. The van der Waals surface area contributed by atoms with E-state index in [2.05, 4.69) is 25.6 Å². The van der Waals surface area contributed by atoms with Crippen LogP contribution in [0.5, 0.6) is 0 Å². The Kier molecular flexibility index (Phi) is 4.01. The number of nitrogens with one attached hydrogen (secondary N) is 2. The first-order chi connectivity index (χ1) is 9.69. The SMILES string of the molecule is Nc1nc(N=C=O)ncc1NC(=O)Nc1ccccc1. The molecule has 0 atom stereocenters. The van der Waals surface area contributed by atoms with Crippen LogP contribution in [0, 0.1) is 0 Å². The second-order valence-electron chi connectivity index (χ2n) is 3.62. The Morgan fingerprint density at radius 1 is 1.25 bits per heavy atom. The summed E-state index contributed by atoms with van der Waals surface area (Å²) in [7, 11) is 0. The second kappa shape index (κ2) is 6.07. The van der Waals surface area contributed by atoms with E-state index in [9.17, 15) is 9.59 Å². The van der Waals surface area contributed by atoms with E-state index in [0.29, 0.717) is 5.69 Å². The maximum Gasteiger partial charge on any atom is 0.323 e. The van der Waals surface area contributed by atoms with Gasteiger partial charge in [0, 0.05) is 5.69 Å². The summed E-state index contributed by atoms with van der Waals surface area (Å²) in [6.45, 7) is 0. The third kappa shape index (κ3) is 3.37. The molecule has 8 nitrogen and oxygen atoms in total. The number of nitrogen functional groups attached to an aromatic ring is 1. The lowest BCUT2D eigenvalue weighted by Gasteiger charge is -2.08. The molecule has 0 radical (unpaired) electrons. The first kappa shape index (κ1) is 13.2. The number of benzene rings is 1. The van der Waals surface area contributed by atoms with E-state index in [1.165, 1.54) is 12.3 Å². The minimum atomic E-state index is -0.488. The number of nitrogens with zero attached hydrogens (tertiary/aromatic N) is 3. The van der Waals surface area contributed by atoms with E-state index in [0.717, 1.165) is 0 Å². The predicted molar refractivity (Wildman–Crippen MR) is 73.3 cm³/mol. The van der Waals surface area contributed by atoms with Crippen LogP contribution in [0.15, 0.2) is 41.5 Å². The van der Waals surface area contributed by atoms with Gasteiger partial charge in [0.15, 0.2) is 5.82 Å². The van der Waals surface area contributed by atoms with Gasteiger partial charge >= 0.3 is 6.03 Å². The van der Waals surface area contributed by atoms with Crippen LogP contribution in [-0.4, -0.2) is 22.1 Å². The summed E-state index contributed by atoms with van der Waals surface area (Å²) in [5.41, 5.74) is 6.45. The van der Waals surface area contributed by atoms with Crippen LogP contribution in [0.2, 0.25) is 0 Å². The fraction of sp³-hybridized carbons (Fsp3) is 0. The highest BCUT2D eigenvalue weighted by Crippen LogP contribution is 2.17. The number of amides is 2. The third-order valence-corrected chi connectivity index (χ3v) is 2.23. The van der Waals surface area contributed by atoms with Gasteiger partial charge in [0.2, 0.25) is 6.08 Å². The molecular formula is C12H10N6O2. The summed E-state index contributed by atoms with van der Waals surface area (Å²) in [5.74, 6) is -0.122. The number of hydrogen-bond donors (Lipinski definition) is 3. The van der Waals surface area contributed by atoms with Crippen LogP contribution in [0.1, 0.15) is 0 Å². The monoisotopic (exact) mass is 270 g/mol. The topological polar surface area (TPSA) is 122 Å². The van der Waals surface area contributed by atoms with Crippen LogP contribution in [0.25, 0.3) is 0 Å². The smallest absolute Gasteiger partial charge is 0.323 e. The molecule has 2 rings (SSSR count). The normalized spacial score (nSPS) is 9.40. The molecule has 0 spiro atoms. The molecule has 0 bridgehead atoms. The predicted octanol–water partition coefficient (Wildman–Crippen LogP) is 1.67. The number of nitrogens with two attached hydrogens (primary N) is 1. The minimum absolute atomic E-state index is 0.00258. The van der Waals surface area contributed by atoms with Crippen molar-refractivity contribution in [2.45, 2.75) is 0 Å². The zero-order valence-electron chi connectivity index (χ0n) is 10.2. The Bertz CT molecular complexity index is 667. The van der Waals surface area contributed by atoms with Crippen LogP contribution < -0.4 is 16.4 Å².